The molecular weight excluding hydrogens is 668 g/mol. The number of halogens is 6. The topological polar surface area (TPSA) is 37.3 Å². The van der Waals surface area contributed by atoms with Crippen LogP contribution in [0, 0.1) is 0 Å². The van der Waals surface area contributed by atoms with Crippen LogP contribution in [0.15, 0.2) is 30.3 Å². The van der Waals surface area contributed by atoms with Gasteiger partial charge in [0.2, 0.25) is 0 Å². The van der Waals surface area contributed by atoms with Crippen LogP contribution < -0.4 is 0 Å². The summed E-state index contributed by atoms with van der Waals surface area (Å²) in [6.45, 7) is 0. The van der Waals surface area contributed by atoms with E-state index in [-0.39, 0.29) is 5.56 Å². The second-order valence-corrected chi connectivity index (χ2v) is 17.7. The number of aromatic carboxylic acids is 1. The Morgan fingerprint density at radius 1 is 0.952 bits per heavy atom. The van der Waals surface area contributed by atoms with Crippen LogP contribution in [0.1, 0.15) is 21.5 Å². The van der Waals surface area contributed by atoms with Crippen LogP contribution in [-0.4, -0.2) is 11.1 Å². The number of alkyl halides is 6. The Labute approximate surface area is 171 Å². The predicted octanol–water partition coefficient (Wildman–Crippen LogP) is 7.13. The lowest BCUT2D eigenvalue weighted by atomic mass is 9.95. The number of carboxylic acid groups (broad SMARTS) is 1. The van der Waals surface area contributed by atoms with E-state index in [4.69, 9.17) is 0 Å². The van der Waals surface area contributed by atoms with Gasteiger partial charge in [-0.3, -0.25) is 0 Å². The van der Waals surface area contributed by atoms with Crippen molar-refractivity contribution < 1.29 is 9.90 Å². The Kier molecular flexibility index (Phi) is 5.70. The maximum Gasteiger partial charge on any atom is 0.336 e. The number of carboxylic acids is 1. The molecule has 0 saturated carbocycles. The van der Waals surface area contributed by atoms with E-state index >= 15 is 0 Å². The average Bonchev–Trinajstić information content (AvgIpc) is 2.34. The molecule has 2 aromatic rings. The molecule has 0 aliphatic carbocycles. The third kappa shape index (κ3) is 3.94. The molecule has 0 aliphatic rings. The molecule has 1 N–H and O–H groups in total. The molecule has 0 atom stereocenters. The Morgan fingerprint density at radius 3 is 2.00 bits per heavy atom. The zero-order valence-corrected chi connectivity index (χ0v) is 19.5. The normalized spacial score (nSPS) is 12.7. The number of hydrogen-bond acceptors (Lipinski definition) is 1. The van der Waals surface area contributed by atoms with Crippen molar-refractivity contribution in [1.29, 1.82) is 0 Å². The van der Waals surface area contributed by atoms with Crippen molar-refractivity contribution >= 4 is 112 Å². The molecule has 8 heteroatoms. The molecule has 0 amide bonds. The maximum atomic E-state index is 11.9. The second-order valence-electron chi connectivity index (χ2n) is 4.20. The highest BCUT2D eigenvalue weighted by molar-refractivity contribution is 9.39. The van der Waals surface area contributed by atoms with Gasteiger partial charge < -0.3 is 5.11 Å². The Morgan fingerprint density at radius 2 is 1.52 bits per heavy atom. The quantitative estimate of drug-likeness (QED) is 0.328. The van der Waals surface area contributed by atoms with Gasteiger partial charge in [-0.25, -0.2) is 4.79 Å². The molecule has 0 bridgehead atoms. The number of fused-ring (bicyclic) bond motifs is 1. The summed E-state index contributed by atoms with van der Waals surface area (Å²) in [5.74, 6) is -0.998. The molecule has 0 heterocycles. The number of carbonyl (C=O) groups is 1. The fourth-order valence-corrected chi connectivity index (χ4v) is 4.26. The highest BCUT2D eigenvalue weighted by Gasteiger charge is 2.37. The first-order chi connectivity index (χ1) is 9.53. The van der Waals surface area contributed by atoms with Crippen LogP contribution in [0.2, 0.25) is 0 Å². The first-order valence-electron chi connectivity index (χ1n) is 5.47. The third-order valence-corrected chi connectivity index (χ3v) is 5.32. The third-order valence-electron chi connectivity index (χ3n) is 2.85. The first-order valence-corrected chi connectivity index (χ1v) is 10.2. The summed E-state index contributed by atoms with van der Waals surface area (Å²) in [7, 11) is 0. The van der Waals surface area contributed by atoms with Crippen LogP contribution in [0.5, 0.6) is 0 Å². The van der Waals surface area contributed by atoms with Gasteiger partial charge in [-0.2, -0.15) is 0 Å². The summed E-state index contributed by atoms with van der Waals surface area (Å²) in [4.78, 5) is 11.9. The van der Waals surface area contributed by atoms with E-state index in [1.54, 1.807) is 6.07 Å². The summed E-state index contributed by atoms with van der Waals surface area (Å²) in [6, 6.07) is 9.29. The van der Waals surface area contributed by atoms with Crippen LogP contribution in [-0.2, 0) is 4.29 Å². The summed E-state index contributed by atoms with van der Waals surface area (Å²) >= 11 is 20.8. The first kappa shape index (κ1) is 18.4. The average molecular weight is 674 g/mol. The molecule has 0 fully saturated rings. The summed E-state index contributed by atoms with van der Waals surface area (Å²) in [6.07, 6.45) is 0. The Hall–Kier alpha value is 1.05. The summed E-state index contributed by atoms with van der Waals surface area (Å²) < 4.78 is -1.63. The minimum Gasteiger partial charge on any atom is -0.478 e. The summed E-state index contributed by atoms with van der Waals surface area (Å²) in [5.41, 5.74) is 1.50. The molecule has 0 radical (unpaired) electrons. The minimum absolute atomic E-state index is 0.219. The highest BCUT2D eigenvalue weighted by Crippen LogP contribution is 2.55. The molecule has 21 heavy (non-hydrogen) atoms. The van der Waals surface area contributed by atoms with Gasteiger partial charge in [0.25, 0.3) is 0 Å². The van der Waals surface area contributed by atoms with Gasteiger partial charge in [-0.15, -0.1) is 0 Å². The highest BCUT2D eigenvalue weighted by atomic mass is 80.0. The number of rotatable bonds is 1. The van der Waals surface area contributed by atoms with Crippen molar-refractivity contribution in [1.82, 2.24) is 0 Å². The zero-order valence-electron chi connectivity index (χ0n) is 10.0. The van der Waals surface area contributed by atoms with Gasteiger partial charge in [0.1, 0.15) is 0 Å². The fraction of sp³-hybridized carbons (Fsp3) is 0.154. The van der Waals surface area contributed by atoms with Crippen LogP contribution in [0.3, 0.4) is 0 Å². The van der Waals surface area contributed by atoms with Gasteiger partial charge in [0.15, 0.2) is 4.29 Å². The molecule has 2 aromatic carbocycles. The van der Waals surface area contributed by atoms with Gasteiger partial charge >= 0.3 is 5.97 Å². The maximum absolute atomic E-state index is 11.9. The van der Waals surface area contributed by atoms with Crippen molar-refractivity contribution in [3.05, 3.63) is 47.0 Å². The predicted molar refractivity (Wildman–Crippen MR) is 108 cm³/mol. The molecule has 2 rings (SSSR count). The standard InChI is InChI=1S/C13H6Br6O2/c14-12(15,16)8-5-6-3-1-2-4-7(6)9(11(20)21)10(8)13(17,18)19/h1-5H,(H,20,21). The smallest absolute Gasteiger partial charge is 0.336 e. The van der Waals surface area contributed by atoms with E-state index in [1.165, 1.54) is 0 Å². The Bertz CT molecular complexity index is 715. The van der Waals surface area contributed by atoms with Crippen molar-refractivity contribution in [3.8, 4) is 0 Å². The van der Waals surface area contributed by atoms with Crippen LogP contribution >= 0.6 is 95.6 Å². The SMILES string of the molecule is O=C(O)c1c(C(Br)(Br)Br)c(C(Br)(Br)Br)cc2ccccc12. The molecule has 112 valence electrons. The lowest BCUT2D eigenvalue weighted by Crippen LogP contribution is -2.16. The zero-order chi connectivity index (χ0) is 16.0. The monoisotopic (exact) mass is 668 g/mol. The van der Waals surface area contributed by atoms with Crippen LogP contribution in [0.25, 0.3) is 10.8 Å². The van der Waals surface area contributed by atoms with E-state index in [0.717, 1.165) is 10.9 Å². The lowest BCUT2D eigenvalue weighted by molar-refractivity contribution is 0.0698. The molecule has 0 aromatic heterocycles. The fourth-order valence-electron chi connectivity index (χ4n) is 2.09. The van der Waals surface area contributed by atoms with Gasteiger partial charge in [0.05, 0.1) is 5.56 Å². The van der Waals surface area contributed by atoms with E-state index in [9.17, 15) is 9.90 Å². The molecule has 0 aliphatic heterocycles. The molecule has 2 nitrogen and oxygen atoms in total. The van der Waals surface area contributed by atoms with E-state index in [1.807, 2.05) is 24.3 Å². The summed E-state index contributed by atoms with van der Waals surface area (Å²) in [5, 5.41) is 11.2. The van der Waals surface area contributed by atoms with Gasteiger partial charge in [-0.1, -0.05) is 120 Å². The van der Waals surface area contributed by atoms with Crippen molar-refractivity contribution in [2.45, 2.75) is 4.29 Å². The van der Waals surface area contributed by atoms with Crippen LogP contribution in [0.4, 0.5) is 0 Å². The number of hydrogen-bond donors (Lipinski definition) is 1. The lowest BCUT2D eigenvalue weighted by Gasteiger charge is -2.26. The second kappa shape index (κ2) is 6.51. The molecule has 0 saturated heterocycles. The van der Waals surface area contributed by atoms with E-state index < -0.39 is 10.3 Å². The molecular formula is C13H6Br6O2. The van der Waals surface area contributed by atoms with Crippen molar-refractivity contribution in [2.75, 3.05) is 0 Å². The minimum atomic E-state index is -0.998. The molecule has 0 spiro atoms. The largest absolute Gasteiger partial charge is 0.478 e. The van der Waals surface area contributed by atoms with Crippen molar-refractivity contribution in [3.63, 3.8) is 0 Å². The Balaban J connectivity index is 3.06. The van der Waals surface area contributed by atoms with Gasteiger partial charge in [-0.05, 0) is 22.4 Å². The van der Waals surface area contributed by atoms with Crippen molar-refractivity contribution in [2.24, 2.45) is 0 Å². The van der Waals surface area contributed by atoms with E-state index in [2.05, 4.69) is 95.6 Å². The molecule has 0 unspecified atom stereocenters. The van der Waals surface area contributed by atoms with Gasteiger partial charge in [0, 0.05) is 5.56 Å². The number of benzene rings is 2. The van der Waals surface area contributed by atoms with E-state index in [0.29, 0.717) is 10.9 Å².